The standard InChI is InChI=1S/C9H11F3N2/c1-14(2)8(9(10,11)12)7-4-3-5-13-6-7/h3-6,8H,1-2H3. The summed E-state index contributed by atoms with van der Waals surface area (Å²) < 4.78 is 37.8. The maximum absolute atomic E-state index is 12.6. The molecule has 1 aromatic rings. The van der Waals surface area contributed by atoms with Crippen LogP contribution in [0.25, 0.3) is 0 Å². The molecule has 0 radical (unpaired) electrons. The number of alkyl halides is 3. The summed E-state index contributed by atoms with van der Waals surface area (Å²) in [6.07, 6.45) is -1.59. The lowest BCUT2D eigenvalue weighted by molar-refractivity contribution is -0.179. The molecule has 0 saturated carbocycles. The second kappa shape index (κ2) is 3.96. The molecule has 0 aliphatic carbocycles. The zero-order valence-corrected chi connectivity index (χ0v) is 7.92. The number of hydrogen-bond acceptors (Lipinski definition) is 2. The Balaban J connectivity index is 3.02. The molecule has 1 unspecified atom stereocenters. The molecule has 1 atom stereocenters. The van der Waals surface area contributed by atoms with Gasteiger partial charge in [0.1, 0.15) is 6.04 Å². The highest BCUT2D eigenvalue weighted by molar-refractivity contribution is 5.15. The number of hydrogen-bond donors (Lipinski definition) is 0. The third kappa shape index (κ3) is 2.45. The Bertz CT molecular complexity index is 282. The molecule has 1 aromatic heterocycles. The Morgan fingerprint density at radius 1 is 1.36 bits per heavy atom. The van der Waals surface area contributed by atoms with E-state index in [0.29, 0.717) is 0 Å². The Morgan fingerprint density at radius 3 is 2.36 bits per heavy atom. The van der Waals surface area contributed by atoms with Crippen molar-refractivity contribution >= 4 is 0 Å². The second-order valence-electron chi connectivity index (χ2n) is 3.19. The predicted molar refractivity (Wildman–Crippen MR) is 46.7 cm³/mol. The van der Waals surface area contributed by atoms with Crippen LogP contribution in [0.5, 0.6) is 0 Å². The van der Waals surface area contributed by atoms with Crippen molar-refractivity contribution in [2.45, 2.75) is 12.2 Å². The summed E-state index contributed by atoms with van der Waals surface area (Å²) in [5.41, 5.74) is 0.157. The molecule has 0 aromatic carbocycles. The van der Waals surface area contributed by atoms with Crippen LogP contribution < -0.4 is 0 Å². The smallest absolute Gasteiger partial charge is 0.295 e. The molecule has 0 N–H and O–H groups in total. The van der Waals surface area contributed by atoms with Crippen LogP contribution in [0.3, 0.4) is 0 Å². The van der Waals surface area contributed by atoms with Crippen molar-refractivity contribution in [3.63, 3.8) is 0 Å². The van der Waals surface area contributed by atoms with Crippen molar-refractivity contribution in [2.24, 2.45) is 0 Å². The van der Waals surface area contributed by atoms with E-state index in [1.807, 2.05) is 0 Å². The lowest BCUT2D eigenvalue weighted by Crippen LogP contribution is -2.33. The number of aromatic nitrogens is 1. The van der Waals surface area contributed by atoms with Gasteiger partial charge < -0.3 is 0 Å². The normalized spacial score (nSPS) is 14.4. The molecular formula is C9H11F3N2. The molecule has 0 aliphatic rings. The van der Waals surface area contributed by atoms with Crippen LogP contribution >= 0.6 is 0 Å². The minimum atomic E-state index is -4.27. The van der Waals surface area contributed by atoms with Crippen LogP contribution in [0, 0.1) is 0 Å². The first kappa shape index (κ1) is 11.0. The monoisotopic (exact) mass is 204 g/mol. The Kier molecular flexibility index (Phi) is 3.10. The highest BCUT2D eigenvalue weighted by Crippen LogP contribution is 2.35. The number of rotatable bonds is 2. The Morgan fingerprint density at radius 2 is 2.00 bits per heavy atom. The van der Waals surface area contributed by atoms with Gasteiger partial charge in [-0.05, 0) is 25.7 Å². The first-order valence-electron chi connectivity index (χ1n) is 4.06. The van der Waals surface area contributed by atoms with E-state index in [1.165, 1.54) is 38.6 Å². The summed E-state index contributed by atoms with van der Waals surface area (Å²) in [5.74, 6) is 0. The van der Waals surface area contributed by atoms with Crippen LogP contribution in [0.15, 0.2) is 24.5 Å². The largest absolute Gasteiger partial charge is 0.408 e. The zero-order chi connectivity index (χ0) is 10.8. The van der Waals surface area contributed by atoms with Crippen molar-refractivity contribution in [1.82, 2.24) is 9.88 Å². The van der Waals surface area contributed by atoms with Crippen molar-refractivity contribution in [3.8, 4) is 0 Å². The summed E-state index contributed by atoms with van der Waals surface area (Å²) in [5, 5.41) is 0. The van der Waals surface area contributed by atoms with E-state index in [0.717, 1.165) is 4.90 Å². The number of pyridine rings is 1. The van der Waals surface area contributed by atoms with Gasteiger partial charge in [-0.15, -0.1) is 0 Å². The van der Waals surface area contributed by atoms with Gasteiger partial charge in [0.2, 0.25) is 0 Å². The minimum Gasteiger partial charge on any atom is -0.295 e. The molecule has 0 fully saturated rings. The SMILES string of the molecule is CN(C)C(c1cccnc1)C(F)(F)F. The number of halogens is 3. The molecule has 2 nitrogen and oxygen atoms in total. The van der Waals surface area contributed by atoms with Gasteiger partial charge in [-0.3, -0.25) is 9.88 Å². The Hall–Kier alpha value is -1.10. The lowest BCUT2D eigenvalue weighted by atomic mass is 10.1. The highest BCUT2D eigenvalue weighted by atomic mass is 19.4. The molecule has 1 rings (SSSR count). The van der Waals surface area contributed by atoms with E-state index in [4.69, 9.17) is 0 Å². The van der Waals surface area contributed by atoms with Crippen molar-refractivity contribution in [2.75, 3.05) is 14.1 Å². The van der Waals surface area contributed by atoms with Gasteiger partial charge in [-0.25, -0.2) is 0 Å². The molecule has 0 spiro atoms. The third-order valence-corrected chi connectivity index (χ3v) is 1.83. The summed E-state index contributed by atoms with van der Waals surface area (Å²) in [7, 11) is 2.79. The van der Waals surface area contributed by atoms with Gasteiger partial charge in [0, 0.05) is 12.4 Å². The van der Waals surface area contributed by atoms with Crippen LogP contribution in [-0.2, 0) is 0 Å². The predicted octanol–water partition coefficient (Wildman–Crippen LogP) is 2.25. The summed E-state index contributed by atoms with van der Waals surface area (Å²) >= 11 is 0. The molecular weight excluding hydrogens is 193 g/mol. The van der Waals surface area contributed by atoms with E-state index < -0.39 is 12.2 Å². The Labute approximate surface area is 80.4 Å². The first-order valence-corrected chi connectivity index (χ1v) is 4.06. The average Bonchev–Trinajstić information content (AvgIpc) is 2.02. The van der Waals surface area contributed by atoms with E-state index >= 15 is 0 Å². The molecule has 0 amide bonds. The summed E-state index contributed by atoms with van der Waals surface area (Å²) in [6, 6.07) is 1.33. The minimum absolute atomic E-state index is 0.157. The van der Waals surface area contributed by atoms with Gasteiger partial charge in [-0.2, -0.15) is 13.2 Å². The first-order chi connectivity index (χ1) is 6.43. The van der Waals surface area contributed by atoms with E-state index in [9.17, 15) is 13.2 Å². The van der Waals surface area contributed by atoms with Crippen LogP contribution in [-0.4, -0.2) is 30.2 Å². The van der Waals surface area contributed by atoms with Crippen molar-refractivity contribution in [1.29, 1.82) is 0 Å². The molecule has 0 aliphatic heterocycles. The van der Waals surface area contributed by atoms with E-state index in [2.05, 4.69) is 4.98 Å². The van der Waals surface area contributed by atoms with E-state index in [-0.39, 0.29) is 5.56 Å². The van der Waals surface area contributed by atoms with E-state index in [1.54, 1.807) is 0 Å². The van der Waals surface area contributed by atoms with Crippen LogP contribution in [0.2, 0.25) is 0 Å². The highest BCUT2D eigenvalue weighted by Gasteiger charge is 2.42. The molecule has 5 heteroatoms. The summed E-state index contributed by atoms with van der Waals surface area (Å²) in [6.45, 7) is 0. The zero-order valence-electron chi connectivity index (χ0n) is 7.92. The van der Waals surface area contributed by atoms with Gasteiger partial charge in [0.05, 0.1) is 0 Å². The van der Waals surface area contributed by atoms with Crippen LogP contribution in [0.1, 0.15) is 11.6 Å². The third-order valence-electron chi connectivity index (χ3n) is 1.83. The van der Waals surface area contributed by atoms with Gasteiger partial charge >= 0.3 is 6.18 Å². The molecule has 78 valence electrons. The van der Waals surface area contributed by atoms with Gasteiger partial charge in [0.25, 0.3) is 0 Å². The van der Waals surface area contributed by atoms with Gasteiger partial charge in [-0.1, -0.05) is 6.07 Å². The fourth-order valence-electron chi connectivity index (χ4n) is 1.32. The average molecular weight is 204 g/mol. The molecule has 14 heavy (non-hydrogen) atoms. The maximum Gasteiger partial charge on any atom is 0.408 e. The molecule has 0 bridgehead atoms. The number of nitrogens with zero attached hydrogens (tertiary/aromatic N) is 2. The summed E-state index contributed by atoms with van der Waals surface area (Å²) in [4.78, 5) is 4.80. The fourth-order valence-corrected chi connectivity index (χ4v) is 1.32. The topological polar surface area (TPSA) is 16.1 Å². The van der Waals surface area contributed by atoms with Crippen LogP contribution in [0.4, 0.5) is 13.2 Å². The molecule has 0 saturated heterocycles. The van der Waals surface area contributed by atoms with Gasteiger partial charge in [0.15, 0.2) is 0 Å². The quantitative estimate of drug-likeness (QED) is 0.734. The maximum atomic E-state index is 12.6. The lowest BCUT2D eigenvalue weighted by Gasteiger charge is -2.26. The fraction of sp³-hybridized carbons (Fsp3) is 0.444. The van der Waals surface area contributed by atoms with Crippen molar-refractivity contribution < 1.29 is 13.2 Å². The van der Waals surface area contributed by atoms with Crippen molar-refractivity contribution in [3.05, 3.63) is 30.1 Å². The molecule has 1 heterocycles. The second-order valence-corrected chi connectivity index (χ2v) is 3.19.